The summed E-state index contributed by atoms with van der Waals surface area (Å²) < 4.78 is 43.5. The average Bonchev–Trinajstić information content (AvgIpc) is 3.16. The quantitative estimate of drug-likeness (QED) is 0.450. The molecule has 142 valence electrons. The molecule has 5 aliphatic rings. The molecule has 1 aromatic carbocycles. The topological polar surface area (TPSA) is 78.9 Å². The van der Waals surface area contributed by atoms with Gasteiger partial charge in [0.1, 0.15) is 22.4 Å². The van der Waals surface area contributed by atoms with E-state index in [2.05, 4.69) is 0 Å². The van der Waals surface area contributed by atoms with Gasteiger partial charge in [0.05, 0.1) is 0 Å². The number of carbonyl (C=O) groups excluding carboxylic acids is 1. The number of aryl methyl sites for hydroxylation is 1. The molecular weight excluding hydrogens is 368 g/mol. The van der Waals surface area contributed by atoms with Crippen LogP contribution in [0.15, 0.2) is 53.1 Å². The zero-order valence-electron chi connectivity index (χ0n) is 15.1. The summed E-state index contributed by atoms with van der Waals surface area (Å²) in [5, 5.41) is 0. The van der Waals surface area contributed by atoms with E-state index in [4.69, 9.17) is 13.7 Å². The van der Waals surface area contributed by atoms with Crippen LogP contribution >= 0.6 is 0 Å². The molecular formula is C20H20O6S. The number of benzene rings is 1. The Kier molecular flexibility index (Phi) is 3.17. The van der Waals surface area contributed by atoms with Gasteiger partial charge in [0, 0.05) is 6.08 Å². The van der Waals surface area contributed by atoms with Crippen LogP contribution in [0, 0.1) is 12.3 Å². The summed E-state index contributed by atoms with van der Waals surface area (Å²) in [5.41, 5.74) is -2.31. The van der Waals surface area contributed by atoms with Crippen LogP contribution < -0.4 is 0 Å². The van der Waals surface area contributed by atoms with E-state index in [1.165, 1.54) is 12.1 Å². The molecule has 0 unspecified atom stereocenters. The maximum Gasteiger partial charge on any atom is 0.338 e. The predicted molar refractivity (Wildman–Crippen MR) is 95.1 cm³/mol. The number of ether oxygens (including phenoxy) is 2. The highest BCUT2D eigenvalue weighted by atomic mass is 32.2. The maximum absolute atomic E-state index is 13.1. The molecule has 4 bridgehead atoms. The first-order chi connectivity index (χ1) is 12.7. The highest BCUT2D eigenvalue weighted by molar-refractivity contribution is 7.86. The van der Waals surface area contributed by atoms with Crippen LogP contribution in [-0.4, -0.2) is 31.7 Å². The fourth-order valence-electron chi connectivity index (χ4n) is 4.80. The van der Waals surface area contributed by atoms with Gasteiger partial charge in [-0.25, -0.2) is 0 Å². The SMILES string of the molecule is Cc1ccc(S(=O)(=O)OC2=C[C@]3(C)OC(=O)[C@]24CCC[C@]42C=C[C@H]3O2)cc1. The van der Waals surface area contributed by atoms with Crippen molar-refractivity contribution < 1.29 is 26.9 Å². The van der Waals surface area contributed by atoms with Crippen molar-refractivity contribution in [3.8, 4) is 0 Å². The summed E-state index contributed by atoms with van der Waals surface area (Å²) >= 11 is 0. The Morgan fingerprint density at radius 2 is 1.93 bits per heavy atom. The van der Waals surface area contributed by atoms with Gasteiger partial charge >= 0.3 is 16.1 Å². The van der Waals surface area contributed by atoms with Crippen molar-refractivity contribution >= 4 is 16.1 Å². The zero-order chi connectivity index (χ0) is 19.1. The molecule has 2 fully saturated rings. The fourth-order valence-corrected chi connectivity index (χ4v) is 5.79. The molecule has 1 saturated heterocycles. The third-order valence-electron chi connectivity index (χ3n) is 6.27. The van der Waals surface area contributed by atoms with E-state index in [1.807, 2.05) is 19.1 Å². The summed E-state index contributed by atoms with van der Waals surface area (Å²) in [7, 11) is -4.09. The first-order valence-electron chi connectivity index (χ1n) is 9.06. The molecule has 4 aliphatic heterocycles. The third kappa shape index (κ3) is 2.04. The van der Waals surface area contributed by atoms with E-state index in [0.29, 0.717) is 19.3 Å². The van der Waals surface area contributed by atoms with Crippen molar-refractivity contribution in [2.75, 3.05) is 0 Å². The van der Waals surface area contributed by atoms with Gasteiger partial charge in [-0.2, -0.15) is 8.42 Å². The van der Waals surface area contributed by atoms with Gasteiger partial charge in [0.25, 0.3) is 0 Å². The van der Waals surface area contributed by atoms with Crippen molar-refractivity contribution in [2.24, 2.45) is 5.41 Å². The first kappa shape index (κ1) is 17.0. The van der Waals surface area contributed by atoms with E-state index in [1.54, 1.807) is 25.1 Å². The largest absolute Gasteiger partial charge is 0.451 e. The molecule has 6 nitrogen and oxygen atoms in total. The number of esters is 1. The summed E-state index contributed by atoms with van der Waals surface area (Å²) in [6.45, 7) is 3.59. The van der Waals surface area contributed by atoms with Gasteiger partial charge in [-0.1, -0.05) is 29.8 Å². The van der Waals surface area contributed by atoms with Gasteiger partial charge in [-0.3, -0.25) is 4.79 Å². The van der Waals surface area contributed by atoms with Crippen molar-refractivity contribution in [1.29, 1.82) is 0 Å². The minimum Gasteiger partial charge on any atom is -0.451 e. The Morgan fingerprint density at radius 1 is 1.19 bits per heavy atom. The minimum atomic E-state index is -4.09. The van der Waals surface area contributed by atoms with E-state index in [9.17, 15) is 13.2 Å². The van der Waals surface area contributed by atoms with E-state index < -0.39 is 38.8 Å². The molecule has 4 atom stereocenters. The third-order valence-corrected chi connectivity index (χ3v) is 7.52. The molecule has 0 N–H and O–H groups in total. The van der Waals surface area contributed by atoms with Crippen molar-refractivity contribution in [2.45, 2.75) is 55.3 Å². The van der Waals surface area contributed by atoms with Gasteiger partial charge in [-0.15, -0.1) is 0 Å². The number of rotatable bonds is 3. The molecule has 0 aromatic heterocycles. The Hall–Kier alpha value is -2.12. The number of carbonyl (C=O) groups is 1. The Morgan fingerprint density at radius 3 is 2.67 bits per heavy atom. The van der Waals surface area contributed by atoms with Crippen LogP contribution in [0.5, 0.6) is 0 Å². The van der Waals surface area contributed by atoms with Crippen LogP contribution in [-0.2, 0) is 28.6 Å². The summed E-state index contributed by atoms with van der Waals surface area (Å²) in [5.74, 6) is -0.336. The second-order valence-corrected chi connectivity index (χ2v) is 9.52. The van der Waals surface area contributed by atoms with Crippen molar-refractivity contribution in [3.05, 3.63) is 53.8 Å². The van der Waals surface area contributed by atoms with Crippen molar-refractivity contribution in [3.63, 3.8) is 0 Å². The fraction of sp³-hybridized carbons (Fsp3) is 0.450. The molecule has 0 amide bonds. The lowest BCUT2D eigenvalue weighted by atomic mass is 9.70. The zero-order valence-corrected chi connectivity index (χ0v) is 15.9. The lowest BCUT2D eigenvalue weighted by Crippen LogP contribution is -2.53. The minimum absolute atomic E-state index is 0.0534. The van der Waals surface area contributed by atoms with Crippen LogP contribution in [0.1, 0.15) is 31.7 Å². The van der Waals surface area contributed by atoms with Crippen LogP contribution in [0.4, 0.5) is 0 Å². The van der Waals surface area contributed by atoms with Crippen LogP contribution in [0.2, 0.25) is 0 Å². The molecule has 2 spiro atoms. The molecule has 1 saturated carbocycles. The number of hydrogen-bond acceptors (Lipinski definition) is 6. The monoisotopic (exact) mass is 388 g/mol. The average molecular weight is 388 g/mol. The van der Waals surface area contributed by atoms with Gasteiger partial charge < -0.3 is 13.7 Å². The van der Waals surface area contributed by atoms with Gasteiger partial charge in [0.15, 0.2) is 11.0 Å². The highest BCUT2D eigenvalue weighted by Crippen LogP contribution is 2.63. The number of hydrogen-bond donors (Lipinski definition) is 0. The lowest BCUT2D eigenvalue weighted by Gasteiger charge is -2.42. The normalized spacial score (nSPS) is 39.0. The predicted octanol–water partition coefficient (Wildman–Crippen LogP) is 2.78. The smallest absolute Gasteiger partial charge is 0.338 e. The molecule has 27 heavy (non-hydrogen) atoms. The molecule has 0 radical (unpaired) electrons. The Balaban J connectivity index is 1.64. The first-order valence-corrected chi connectivity index (χ1v) is 10.5. The Labute approximate surface area is 157 Å². The van der Waals surface area contributed by atoms with Crippen molar-refractivity contribution in [1.82, 2.24) is 0 Å². The molecule has 1 aliphatic carbocycles. The number of fused-ring (bicyclic) bond motifs is 1. The summed E-state index contributed by atoms with van der Waals surface area (Å²) in [6, 6.07) is 6.43. The second-order valence-electron chi connectivity index (χ2n) is 7.98. The van der Waals surface area contributed by atoms with E-state index >= 15 is 0 Å². The lowest BCUT2D eigenvalue weighted by molar-refractivity contribution is -0.168. The molecule has 7 heteroatoms. The standard InChI is InChI=1S/C20H20O6S/c1-13-4-6-14(7-5-13)27(22,23)26-16-12-18(2)15-8-11-19(24-15)9-3-10-20(16,19)17(21)25-18/h4-8,11-12,15H,3,9-10H2,1-2H3/t15-,18+,19+,20+/m1/s1. The van der Waals surface area contributed by atoms with Crippen LogP contribution in [0.25, 0.3) is 0 Å². The van der Waals surface area contributed by atoms with Crippen LogP contribution in [0.3, 0.4) is 0 Å². The van der Waals surface area contributed by atoms with Gasteiger partial charge in [0.2, 0.25) is 0 Å². The molecule has 4 heterocycles. The van der Waals surface area contributed by atoms with E-state index in [-0.39, 0.29) is 10.7 Å². The molecule has 1 aromatic rings. The maximum atomic E-state index is 13.1. The van der Waals surface area contributed by atoms with E-state index in [0.717, 1.165) is 5.56 Å². The highest BCUT2D eigenvalue weighted by Gasteiger charge is 2.73. The Bertz CT molecular complexity index is 1010. The summed E-state index contributed by atoms with van der Waals surface area (Å²) in [6.07, 6.45) is 6.75. The summed E-state index contributed by atoms with van der Waals surface area (Å²) in [4.78, 5) is 13.1. The second kappa shape index (κ2) is 5.02. The molecule has 6 rings (SSSR count). The van der Waals surface area contributed by atoms with Gasteiger partial charge in [-0.05, 0) is 45.2 Å².